The molecule has 118 valence electrons. The summed E-state index contributed by atoms with van der Waals surface area (Å²) in [7, 11) is 3.35. The van der Waals surface area contributed by atoms with Gasteiger partial charge in [-0.15, -0.1) is 12.4 Å². The van der Waals surface area contributed by atoms with E-state index in [0.717, 1.165) is 6.42 Å². The molecule has 1 aromatic heterocycles. The van der Waals surface area contributed by atoms with Crippen molar-refractivity contribution in [1.29, 1.82) is 0 Å². The lowest BCUT2D eigenvalue weighted by Crippen LogP contribution is -2.40. The third kappa shape index (κ3) is 5.69. The lowest BCUT2D eigenvalue weighted by atomic mass is 10.2. The van der Waals surface area contributed by atoms with Crippen LogP contribution >= 0.6 is 12.4 Å². The zero-order chi connectivity index (χ0) is 15.1. The van der Waals surface area contributed by atoms with Gasteiger partial charge in [0.25, 0.3) is 5.91 Å². The largest absolute Gasteiger partial charge is 0.347 e. The van der Waals surface area contributed by atoms with Gasteiger partial charge in [0.05, 0.1) is 5.69 Å². The molecule has 0 atom stereocenters. The van der Waals surface area contributed by atoms with Gasteiger partial charge in [0.1, 0.15) is 6.54 Å². The van der Waals surface area contributed by atoms with Gasteiger partial charge in [0.15, 0.2) is 0 Å². The highest BCUT2D eigenvalue weighted by atomic mass is 35.5. The summed E-state index contributed by atoms with van der Waals surface area (Å²) >= 11 is 0. The van der Waals surface area contributed by atoms with Crippen molar-refractivity contribution >= 4 is 24.2 Å². The van der Waals surface area contributed by atoms with Gasteiger partial charge in [-0.2, -0.15) is 0 Å². The first-order chi connectivity index (χ1) is 9.49. The number of hydrogen-bond acceptors (Lipinski definition) is 4. The van der Waals surface area contributed by atoms with Crippen LogP contribution in [0.1, 0.15) is 29.4 Å². The number of carbonyl (C=O) groups is 2. The third-order valence-electron chi connectivity index (χ3n) is 2.88. The molecule has 0 aromatic carbocycles. The number of carbonyl (C=O) groups excluding carboxylic acids is 2. The number of likely N-dealkylation sites (N-methyl/N-ethyl adjacent to an activating group) is 1. The van der Waals surface area contributed by atoms with Crippen LogP contribution < -0.4 is 5.73 Å². The van der Waals surface area contributed by atoms with Crippen molar-refractivity contribution in [2.75, 3.05) is 27.2 Å². The molecular formula is C14H23ClN4O2. The SMILES string of the molecule is CCCN(CC(=O)N(C)C)C(=O)c1ccnc(CN)c1.Cl. The van der Waals surface area contributed by atoms with Gasteiger partial charge in [-0.3, -0.25) is 14.6 Å². The molecule has 0 fully saturated rings. The van der Waals surface area contributed by atoms with Gasteiger partial charge in [-0.05, 0) is 18.6 Å². The molecule has 7 heteroatoms. The molecule has 2 N–H and O–H groups in total. The van der Waals surface area contributed by atoms with E-state index in [1.165, 1.54) is 4.90 Å². The minimum absolute atomic E-state index is 0. The minimum atomic E-state index is -0.167. The van der Waals surface area contributed by atoms with E-state index in [0.29, 0.717) is 17.8 Å². The molecule has 1 heterocycles. The van der Waals surface area contributed by atoms with E-state index in [1.54, 1.807) is 37.3 Å². The highest BCUT2D eigenvalue weighted by Gasteiger charge is 2.19. The second kappa shape index (κ2) is 9.31. The van der Waals surface area contributed by atoms with Crippen LogP contribution in [0.3, 0.4) is 0 Å². The molecule has 0 aliphatic rings. The average molecular weight is 315 g/mol. The molecule has 2 amide bonds. The monoisotopic (exact) mass is 314 g/mol. The maximum atomic E-state index is 12.4. The van der Waals surface area contributed by atoms with E-state index in [2.05, 4.69) is 4.98 Å². The van der Waals surface area contributed by atoms with Crippen LogP contribution in [-0.4, -0.2) is 53.8 Å². The van der Waals surface area contributed by atoms with E-state index < -0.39 is 0 Å². The predicted octanol–water partition coefficient (Wildman–Crippen LogP) is 0.902. The van der Waals surface area contributed by atoms with E-state index in [1.807, 2.05) is 6.92 Å². The molecule has 1 rings (SSSR count). The summed E-state index contributed by atoms with van der Waals surface area (Å²) in [5.41, 5.74) is 6.70. The second-order valence-corrected chi connectivity index (χ2v) is 4.75. The number of halogens is 1. The molecule has 6 nitrogen and oxygen atoms in total. The Bertz CT molecular complexity index is 480. The van der Waals surface area contributed by atoms with Crippen LogP contribution in [0.2, 0.25) is 0 Å². The molecule has 0 saturated carbocycles. The van der Waals surface area contributed by atoms with E-state index in [9.17, 15) is 9.59 Å². The quantitative estimate of drug-likeness (QED) is 0.846. The van der Waals surface area contributed by atoms with Gasteiger partial charge in [0, 0.05) is 38.9 Å². The second-order valence-electron chi connectivity index (χ2n) is 4.75. The van der Waals surface area contributed by atoms with Crippen molar-refractivity contribution in [2.45, 2.75) is 19.9 Å². The van der Waals surface area contributed by atoms with Crippen LogP contribution in [-0.2, 0) is 11.3 Å². The molecule has 1 aromatic rings. The molecule has 0 saturated heterocycles. The Morgan fingerprint density at radius 3 is 2.52 bits per heavy atom. The zero-order valence-corrected chi connectivity index (χ0v) is 13.5. The van der Waals surface area contributed by atoms with Crippen LogP contribution in [0.4, 0.5) is 0 Å². The van der Waals surface area contributed by atoms with Crippen LogP contribution in [0.15, 0.2) is 18.3 Å². The average Bonchev–Trinajstić information content (AvgIpc) is 2.45. The number of pyridine rings is 1. The Kier molecular flexibility index (Phi) is 8.57. The molecule has 21 heavy (non-hydrogen) atoms. The molecule has 0 unspecified atom stereocenters. The van der Waals surface area contributed by atoms with Crippen LogP contribution in [0, 0.1) is 0 Å². The Morgan fingerprint density at radius 1 is 1.33 bits per heavy atom. The molecular weight excluding hydrogens is 292 g/mol. The van der Waals surface area contributed by atoms with Gasteiger partial charge in [-0.25, -0.2) is 0 Å². The minimum Gasteiger partial charge on any atom is -0.347 e. The fourth-order valence-corrected chi connectivity index (χ4v) is 1.73. The third-order valence-corrected chi connectivity index (χ3v) is 2.88. The maximum absolute atomic E-state index is 12.4. The fourth-order valence-electron chi connectivity index (χ4n) is 1.73. The highest BCUT2D eigenvalue weighted by molar-refractivity contribution is 5.96. The van der Waals surface area contributed by atoms with Crippen molar-refractivity contribution in [3.63, 3.8) is 0 Å². The number of aromatic nitrogens is 1. The lowest BCUT2D eigenvalue weighted by Gasteiger charge is -2.23. The van der Waals surface area contributed by atoms with Gasteiger partial charge in [0.2, 0.25) is 5.91 Å². The molecule has 0 bridgehead atoms. The Morgan fingerprint density at radius 2 is 2.00 bits per heavy atom. The summed E-state index contributed by atoms with van der Waals surface area (Å²) in [4.78, 5) is 31.3. The smallest absolute Gasteiger partial charge is 0.254 e. The topological polar surface area (TPSA) is 79.5 Å². The summed E-state index contributed by atoms with van der Waals surface area (Å²) in [6.45, 7) is 2.88. The van der Waals surface area contributed by atoms with Crippen molar-refractivity contribution < 1.29 is 9.59 Å². The predicted molar refractivity (Wildman–Crippen MR) is 84.3 cm³/mol. The Hall–Kier alpha value is -1.66. The van der Waals surface area contributed by atoms with Gasteiger partial charge in [-0.1, -0.05) is 6.92 Å². The Balaban J connectivity index is 0.00000400. The first-order valence-corrected chi connectivity index (χ1v) is 6.64. The van der Waals surface area contributed by atoms with Crippen LogP contribution in [0.25, 0.3) is 0 Å². The fraction of sp³-hybridized carbons (Fsp3) is 0.500. The van der Waals surface area contributed by atoms with E-state index in [-0.39, 0.29) is 37.3 Å². The summed E-state index contributed by atoms with van der Waals surface area (Å²) in [6, 6.07) is 3.31. The van der Waals surface area contributed by atoms with Gasteiger partial charge < -0.3 is 15.5 Å². The van der Waals surface area contributed by atoms with E-state index in [4.69, 9.17) is 5.73 Å². The number of rotatable bonds is 6. The van der Waals surface area contributed by atoms with Crippen molar-refractivity contribution in [2.24, 2.45) is 5.73 Å². The number of nitrogens with zero attached hydrogens (tertiary/aromatic N) is 3. The summed E-state index contributed by atoms with van der Waals surface area (Å²) in [5.74, 6) is -0.265. The standard InChI is InChI=1S/C14H22N4O2.ClH/c1-4-7-18(10-13(19)17(2)3)14(20)11-5-6-16-12(8-11)9-15;/h5-6,8H,4,7,9-10,15H2,1-3H3;1H. The molecule has 0 aliphatic heterocycles. The summed E-state index contributed by atoms with van der Waals surface area (Å²) in [5, 5.41) is 0. The molecule has 0 spiro atoms. The molecule has 0 aliphatic carbocycles. The van der Waals surface area contributed by atoms with Crippen molar-refractivity contribution in [3.8, 4) is 0 Å². The van der Waals surface area contributed by atoms with E-state index >= 15 is 0 Å². The first kappa shape index (κ1) is 19.3. The van der Waals surface area contributed by atoms with Crippen molar-refractivity contribution in [3.05, 3.63) is 29.6 Å². The van der Waals surface area contributed by atoms with Gasteiger partial charge >= 0.3 is 0 Å². The van der Waals surface area contributed by atoms with Crippen LogP contribution in [0.5, 0.6) is 0 Å². The Labute approximate surface area is 131 Å². The molecule has 0 radical (unpaired) electrons. The summed E-state index contributed by atoms with van der Waals surface area (Å²) in [6.07, 6.45) is 2.36. The summed E-state index contributed by atoms with van der Waals surface area (Å²) < 4.78 is 0. The number of amides is 2. The highest BCUT2D eigenvalue weighted by Crippen LogP contribution is 2.07. The first-order valence-electron chi connectivity index (χ1n) is 6.64. The zero-order valence-electron chi connectivity index (χ0n) is 12.7. The van der Waals surface area contributed by atoms with Crippen molar-refractivity contribution in [1.82, 2.24) is 14.8 Å². The normalized spacial score (nSPS) is 9.71. The number of hydrogen-bond donors (Lipinski definition) is 1. The number of nitrogens with two attached hydrogens (primary N) is 1. The maximum Gasteiger partial charge on any atom is 0.254 e. The lowest BCUT2D eigenvalue weighted by molar-refractivity contribution is -0.129.